The van der Waals surface area contributed by atoms with Crippen LogP contribution in [0.25, 0.3) is 0 Å². The van der Waals surface area contributed by atoms with Crippen LogP contribution in [0.15, 0.2) is 12.1 Å². The average Bonchev–Trinajstić information content (AvgIpc) is 2.22. The van der Waals surface area contributed by atoms with E-state index in [-0.39, 0.29) is 30.9 Å². The molecule has 2 nitrogen and oxygen atoms in total. The number of nitrogens with two attached hydrogens (primary N) is 1. The van der Waals surface area contributed by atoms with E-state index in [1.807, 2.05) is 0 Å². The van der Waals surface area contributed by atoms with Crippen molar-refractivity contribution in [1.82, 2.24) is 0 Å². The number of phenols is 1. The van der Waals surface area contributed by atoms with E-state index >= 15 is 0 Å². The monoisotopic (exact) mass is 529 g/mol. The second-order valence-corrected chi connectivity index (χ2v) is 5.76. The summed E-state index contributed by atoms with van der Waals surface area (Å²) in [7, 11) is 0. The first-order valence-corrected chi connectivity index (χ1v) is 6.52. The van der Waals surface area contributed by atoms with Crippen molar-refractivity contribution in [2.24, 2.45) is 5.73 Å². The lowest BCUT2D eigenvalue weighted by Gasteiger charge is -2.26. The van der Waals surface area contributed by atoms with Gasteiger partial charge < -0.3 is 10.8 Å². The summed E-state index contributed by atoms with van der Waals surface area (Å²) in [6, 6.07) is -0.509. The molecule has 1 rings (SSSR count). The number of phenolic OH excluding ortho intramolecular Hbond substituents is 1. The lowest BCUT2D eigenvalue weighted by molar-refractivity contribution is -0.291. The molecule has 3 N–H and O–H groups in total. The maximum absolute atomic E-state index is 13.1. The van der Waals surface area contributed by atoms with Crippen molar-refractivity contribution in [2.75, 3.05) is 0 Å². The molecule has 1 aromatic rings. The second kappa shape index (κ2) is 6.43. The number of alkyl halides is 5. The van der Waals surface area contributed by atoms with Gasteiger partial charge >= 0.3 is 12.1 Å². The van der Waals surface area contributed by atoms with Gasteiger partial charge in [0.05, 0.1) is 7.14 Å². The standard InChI is InChI=1S/C9H6F5I2NO.ClH/c10-8(11,9(12,13)14)7(17)3-1-4(15)6(18)5(16)2-3;/h1-2,7,18H,17H2;1H/t7-;/m0./s1. The fourth-order valence-electron chi connectivity index (χ4n) is 1.15. The number of aromatic hydroxyl groups is 1. The molecule has 0 aromatic heterocycles. The van der Waals surface area contributed by atoms with Crippen molar-refractivity contribution in [1.29, 1.82) is 0 Å². The number of rotatable bonds is 2. The molecule has 1 aromatic carbocycles. The van der Waals surface area contributed by atoms with Crippen LogP contribution in [-0.4, -0.2) is 17.2 Å². The Balaban J connectivity index is 0.00000324. The number of halogens is 8. The highest BCUT2D eigenvalue weighted by atomic mass is 127. The molecular weight excluding hydrogens is 522 g/mol. The molecule has 0 aliphatic carbocycles. The fourth-order valence-corrected chi connectivity index (χ4v) is 2.97. The summed E-state index contributed by atoms with van der Waals surface area (Å²) >= 11 is 3.24. The normalized spacial score (nSPS) is 13.9. The Kier molecular flexibility index (Phi) is 6.56. The van der Waals surface area contributed by atoms with Crippen molar-refractivity contribution in [3.63, 3.8) is 0 Å². The van der Waals surface area contributed by atoms with Gasteiger partial charge in [0.1, 0.15) is 11.8 Å². The van der Waals surface area contributed by atoms with Crippen LogP contribution in [0, 0.1) is 7.14 Å². The molecule has 0 aliphatic heterocycles. The third-order valence-electron chi connectivity index (χ3n) is 2.17. The molecule has 0 spiro atoms. The van der Waals surface area contributed by atoms with E-state index in [2.05, 4.69) is 0 Å². The van der Waals surface area contributed by atoms with Gasteiger partial charge in [0.25, 0.3) is 0 Å². The molecule has 1 atom stereocenters. The third-order valence-corrected chi connectivity index (χ3v) is 3.81. The van der Waals surface area contributed by atoms with E-state index in [9.17, 15) is 27.1 Å². The molecule has 10 heteroatoms. The molecule has 0 radical (unpaired) electrons. The van der Waals surface area contributed by atoms with Gasteiger partial charge in [-0.15, -0.1) is 12.4 Å². The zero-order valence-electron chi connectivity index (χ0n) is 8.81. The Morgan fingerprint density at radius 2 is 1.42 bits per heavy atom. The number of hydrogen-bond acceptors (Lipinski definition) is 2. The van der Waals surface area contributed by atoms with Crippen LogP contribution in [0.3, 0.4) is 0 Å². The predicted octanol–water partition coefficient (Wildman–Crippen LogP) is 4.22. The Hall–Kier alpha value is 0.380. The van der Waals surface area contributed by atoms with Crippen LogP contribution in [0.4, 0.5) is 22.0 Å². The molecule has 110 valence electrons. The Bertz CT molecular complexity index is 445. The summed E-state index contributed by atoms with van der Waals surface area (Å²) in [6.07, 6.45) is -5.72. The molecule has 0 fully saturated rings. The molecule has 0 heterocycles. The minimum absolute atomic E-state index is 0. The van der Waals surface area contributed by atoms with Crippen molar-refractivity contribution < 1.29 is 27.1 Å². The average molecular weight is 529 g/mol. The first-order chi connectivity index (χ1) is 7.98. The van der Waals surface area contributed by atoms with Gasteiger partial charge in [0.15, 0.2) is 0 Å². The van der Waals surface area contributed by atoms with Gasteiger partial charge in [-0.05, 0) is 62.9 Å². The minimum Gasteiger partial charge on any atom is -0.506 e. The first-order valence-electron chi connectivity index (χ1n) is 4.36. The molecule has 19 heavy (non-hydrogen) atoms. The fraction of sp³-hybridized carbons (Fsp3) is 0.333. The van der Waals surface area contributed by atoms with E-state index in [1.54, 1.807) is 45.2 Å². The lowest BCUT2D eigenvalue weighted by atomic mass is 10.0. The predicted molar refractivity (Wildman–Crippen MR) is 78.7 cm³/mol. The summed E-state index contributed by atoms with van der Waals surface area (Å²) in [5.41, 5.74) is 4.60. The summed E-state index contributed by atoms with van der Waals surface area (Å²) < 4.78 is 62.9. The maximum atomic E-state index is 13.1. The van der Waals surface area contributed by atoms with E-state index in [0.717, 1.165) is 12.1 Å². The van der Waals surface area contributed by atoms with Gasteiger partial charge in [-0.3, -0.25) is 0 Å². The van der Waals surface area contributed by atoms with Crippen LogP contribution < -0.4 is 5.73 Å². The molecule has 0 aliphatic rings. The molecular formula is C9H7ClF5I2NO. The smallest absolute Gasteiger partial charge is 0.455 e. The highest BCUT2D eigenvalue weighted by molar-refractivity contribution is 14.1. The van der Waals surface area contributed by atoms with Crippen LogP contribution in [0.5, 0.6) is 5.75 Å². The van der Waals surface area contributed by atoms with Gasteiger partial charge in [0.2, 0.25) is 0 Å². The van der Waals surface area contributed by atoms with Crippen LogP contribution in [0.1, 0.15) is 11.6 Å². The second-order valence-electron chi connectivity index (χ2n) is 3.43. The Morgan fingerprint density at radius 3 is 1.74 bits per heavy atom. The van der Waals surface area contributed by atoms with Gasteiger partial charge in [-0.2, -0.15) is 22.0 Å². The van der Waals surface area contributed by atoms with E-state index in [0.29, 0.717) is 0 Å². The number of benzene rings is 1. The van der Waals surface area contributed by atoms with Crippen molar-refractivity contribution in [2.45, 2.75) is 18.1 Å². The topological polar surface area (TPSA) is 46.2 Å². The highest BCUT2D eigenvalue weighted by Crippen LogP contribution is 2.44. The summed E-state index contributed by atoms with van der Waals surface area (Å²) in [5, 5.41) is 9.41. The first kappa shape index (κ1) is 19.4. The lowest BCUT2D eigenvalue weighted by Crippen LogP contribution is -2.45. The maximum Gasteiger partial charge on any atom is 0.455 e. The third kappa shape index (κ3) is 3.94. The van der Waals surface area contributed by atoms with Gasteiger partial charge in [0, 0.05) is 0 Å². The number of hydrogen-bond donors (Lipinski definition) is 2. The van der Waals surface area contributed by atoms with Crippen LogP contribution in [-0.2, 0) is 0 Å². The molecule has 0 unspecified atom stereocenters. The largest absolute Gasteiger partial charge is 0.506 e. The zero-order chi connectivity index (χ0) is 14.3. The molecule has 0 amide bonds. The van der Waals surface area contributed by atoms with Crippen molar-refractivity contribution in [3.8, 4) is 5.75 Å². The molecule has 0 saturated carbocycles. The SMILES string of the molecule is Cl.N[C@@H](c1cc(I)c(O)c(I)c1)C(F)(F)C(F)(F)F. The molecule has 0 saturated heterocycles. The van der Waals surface area contributed by atoms with E-state index in [1.165, 1.54) is 0 Å². The van der Waals surface area contributed by atoms with Crippen LogP contribution >= 0.6 is 57.6 Å². The highest BCUT2D eigenvalue weighted by Gasteiger charge is 2.61. The van der Waals surface area contributed by atoms with Crippen LogP contribution in [0.2, 0.25) is 0 Å². The Morgan fingerprint density at radius 1 is 1.05 bits per heavy atom. The van der Waals surface area contributed by atoms with Crippen molar-refractivity contribution >= 4 is 57.6 Å². The van der Waals surface area contributed by atoms with E-state index < -0.39 is 18.1 Å². The van der Waals surface area contributed by atoms with Gasteiger partial charge in [-0.1, -0.05) is 0 Å². The minimum atomic E-state index is -5.72. The quantitative estimate of drug-likeness (QED) is 0.446. The molecule has 0 bridgehead atoms. The van der Waals surface area contributed by atoms with E-state index in [4.69, 9.17) is 5.73 Å². The zero-order valence-corrected chi connectivity index (χ0v) is 13.9. The summed E-state index contributed by atoms with van der Waals surface area (Å²) in [5.74, 6) is -5.21. The van der Waals surface area contributed by atoms with Crippen molar-refractivity contribution in [3.05, 3.63) is 24.8 Å². The summed E-state index contributed by atoms with van der Waals surface area (Å²) in [4.78, 5) is 0. The Labute approximate surface area is 138 Å². The van der Waals surface area contributed by atoms with Gasteiger partial charge in [-0.25, -0.2) is 0 Å². The summed E-state index contributed by atoms with van der Waals surface area (Å²) in [6.45, 7) is 0.